The minimum absolute atomic E-state index is 0.378. The Morgan fingerprint density at radius 1 is 1.32 bits per heavy atom. The van der Waals surface area contributed by atoms with E-state index < -0.39 is 0 Å². The van der Waals surface area contributed by atoms with E-state index >= 15 is 0 Å². The summed E-state index contributed by atoms with van der Waals surface area (Å²) in [6, 6.07) is 10.7. The highest BCUT2D eigenvalue weighted by molar-refractivity contribution is 7.07. The number of thiophene rings is 1. The number of nitrogens with one attached hydrogen (secondary N) is 1. The Balaban J connectivity index is 1.84. The highest BCUT2D eigenvalue weighted by Gasteiger charge is 2.04. The van der Waals surface area contributed by atoms with E-state index in [-0.39, 0.29) is 0 Å². The van der Waals surface area contributed by atoms with Crippen LogP contribution in [0.15, 0.2) is 53.7 Å². The molecule has 0 fully saturated rings. The first-order valence-corrected chi connectivity index (χ1v) is 7.32. The van der Waals surface area contributed by atoms with Crippen molar-refractivity contribution < 1.29 is 4.74 Å². The Hall–Kier alpha value is -1.58. The van der Waals surface area contributed by atoms with Crippen molar-refractivity contribution in [1.82, 2.24) is 5.32 Å². The van der Waals surface area contributed by atoms with Gasteiger partial charge in [0, 0.05) is 12.6 Å². The fourth-order valence-electron chi connectivity index (χ4n) is 1.77. The van der Waals surface area contributed by atoms with Crippen LogP contribution in [0.3, 0.4) is 0 Å². The van der Waals surface area contributed by atoms with Crippen molar-refractivity contribution in [3.8, 4) is 5.75 Å². The maximum absolute atomic E-state index is 5.46. The molecule has 0 bridgehead atoms. The van der Waals surface area contributed by atoms with E-state index in [4.69, 9.17) is 4.74 Å². The molecule has 1 aromatic carbocycles. The third-order valence-electron chi connectivity index (χ3n) is 2.95. The molecule has 0 amide bonds. The molecule has 3 heteroatoms. The summed E-state index contributed by atoms with van der Waals surface area (Å²) in [7, 11) is 0. The molecular weight excluding hydrogens is 254 g/mol. The van der Waals surface area contributed by atoms with Crippen molar-refractivity contribution in [2.75, 3.05) is 6.61 Å². The van der Waals surface area contributed by atoms with Crippen molar-refractivity contribution in [2.45, 2.75) is 19.5 Å². The van der Waals surface area contributed by atoms with Gasteiger partial charge in [0.2, 0.25) is 0 Å². The molecule has 0 aliphatic carbocycles. The first-order valence-electron chi connectivity index (χ1n) is 6.37. The number of ether oxygens (including phenoxy) is 1. The molecule has 2 nitrogen and oxygen atoms in total. The second kappa shape index (κ2) is 7.12. The van der Waals surface area contributed by atoms with Crippen molar-refractivity contribution >= 4 is 11.3 Å². The topological polar surface area (TPSA) is 21.3 Å². The van der Waals surface area contributed by atoms with Gasteiger partial charge in [0.25, 0.3) is 0 Å². The molecule has 1 atom stereocenters. The molecule has 2 rings (SSSR count). The van der Waals surface area contributed by atoms with Crippen LogP contribution in [0, 0.1) is 0 Å². The van der Waals surface area contributed by atoms with Crippen molar-refractivity contribution in [1.29, 1.82) is 0 Å². The Morgan fingerprint density at radius 3 is 2.74 bits per heavy atom. The summed E-state index contributed by atoms with van der Waals surface area (Å²) >= 11 is 1.73. The molecule has 2 aromatic rings. The number of hydrogen-bond donors (Lipinski definition) is 1. The predicted octanol–water partition coefficient (Wildman–Crippen LogP) is 4.16. The van der Waals surface area contributed by atoms with Crippen LogP contribution in [0.4, 0.5) is 0 Å². The Labute approximate surface area is 118 Å². The van der Waals surface area contributed by atoms with Crippen LogP contribution in [0.5, 0.6) is 5.75 Å². The molecule has 1 N–H and O–H groups in total. The van der Waals surface area contributed by atoms with Crippen LogP contribution in [0.2, 0.25) is 0 Å². The Bertz CT molecular complexity index is 490. The first-order chi connectivity index (χ1) is 9.29. The quantitative estimate of drug-likeness (QED) is 0.765. The summed E-state index contributed by atoms with van der Waals surface area (Å²) in [5.74, 6) is 0.884. The lowest BCUT2D eigenvalue weighted by Crippen LogP contribution is -2.17. The number of hydrogen-bond acceptors (Lipinski definition) is 3. The summed E-state index contributed by atoms with van der Waals surface area (Å²) in [4.78, 5) is 0. The second-order valence-corrected chi connectivity index (χ2v) is 5.18. The van der Waals surface area contributed by atoms with Gasteiger partial charge in [-0.25, -0.2) is 0 Å². The van der Waals surface area contributed by atoms with E-state index in [0.29, 0.717) is 12.6 Å². The first kappa shape index (κ1) is 13.8. The average Bonchev–Trinajstić information content (AvgIpc) is 2.98. The molecule has 1 aromatic heterocycles. The summed E-state index contributed by atoms with van der Waals surface area (Å²) < 4.78 is 5.46. The molecule has 0 aliphatic heterocycles. The zero-order valence-corrected chi connectivity index (χ0v) is 12.0. The molecule has 1 unspecified atom stereocenters. The van der Waals surface area contributed by atoms with Gasteiger partial charge in [0.05, 0.1) is 0 Å². The van der Waals surface area contributed by atoms with Crippen LogP contribution in [-0.4, -0.2) is 6.61 Å². The third kappa shape index (κ3) is 4.23. The van der Waals surface area contributed by atoms with Crippen LogP contribution in [0.1, 0.15) is 24.1 Å². The van der Waals surface area contributed by atoms with E-state index in [1.807, 2.05) is 12.1 Å². The van der Waals surface area contributed by atoms with Gasteiger partial charge < -0.3 is 10.1 Å². The van der Waals surface area contributed by atoms with Crippen LogP contribution in [-0.2, 0) is 6.54 Å². The molecule has 0 spiro atoms. The van der Waals surface area contributed by atoms with Crippen molar-refractivity contribution in [3.63, 3.8) is 0 Å². The lowest BCUT2D eigenvalue weighted by atomic mass is 10.1. The fourth-order valence-corrected chi connectivity index (χ4v) is 2.52. The van der Waals surface area contributed by atoms with Crippen LogP contribution >= 0.6 is 11.3 Å². The standard InChI is InChI=1S/C16H19NOS/c1-3-9-18-16-6-4-14(5-7-16)11-17-13(2)15-8-10-19-12-15/h3-8,10,12-13,17H,1,9,11H2,2H3. The molecule has 0 radical (unpaired) electrons. The summed E-state index contributed by atoms with van der Waals surface area (Å²) in [5, 5.41) is 7.81. The molecule has 0 aliphatic rings. The highest BCUT2D eigenvalue weighted by atomic mass is 32.1. The summed E-state index contributed by atoms with van der Waals surface area (Å²) in [6.07, 6.45) is 1.75. The summed E-state index contributed by atoms with van der Waals surface area (Å²) in [6.45, 7) is 7.22. The SMILES string of the molecule is C=CCOc1ccc(CNC(C)c2ccsc2)cc1. The molecule has 0 saturated heterocycles. The second-order valence-electron chi connectivity index (χ2n) is 4.40. The van der Waals surface area contributed by atoms with Crippen LogP contribution < -0.4 is 10.1 Å². The molecule has 0 saturated carbocycles. The van der Waals surface area contributed by atoms with E-state index in [2.05, 4.69) is 47.8 Å². The molecule has 19 heavy (non-hydrogen) atoms. The minimum Gasteiger partial charge on any atom is -0.490 e. The van der Waals surface area contributed by atoms with Gasteiger partial charge in [-0.3, -0.25) is 0 Å². The average molecular weight is 273 g/mol. The number of benzene rings is 1. The van der Waals surface area contributed by atoms with Crippen molar-refractivity contribution in [3.05, 3.63) is 64.9 Å². The van der Waals surface area contributed by atoms with Gasteiger partial charge in [0.15, 0.2) is 0 Å². The zero-order chi connectivity index (χ0) is 13.5. The maximum atomic E-state index is 5.46. The van der Waals surface area contributed by atoms with Gasteiger partial charge in [-0.05, 0) is 47.0 Å². The highest BCUT2D eigenvalue weighted by Crippen LogP contribution is 2.17. The predicted molar refractivity (Wildman–Crippen MR) is 81.7 cm³/mol. The van der Waals surface area contributed by atoms with Gasteiger partial charge in [-0.15, -0.1) is 0 Å². The van der Waals surface area contributed by atoms with Crippen molar-refractivity contribution in [2.24, 2.45) is 0 Å². The van der Waals surface area contributed by atoms with Gasteiger partial charge in [0.1, 0.15) is 12.4 Å². The fraction of sp³-hybridized carbons (Fsp3) is 0.250. The largest absolute Gasteiger partial charge is 0.490 e. The number of rotatable bonds is 7. The minimum atomic E-state index is 0.378. The maximum Gasteiger partial charge on any atom is 0.119 e. The lowest BCUT2D eigenvalue weighted by Gasteiger charge is -2.12. The van der Waals surface area contributed by atoms with Gasteiger partial charge in [-0.1, -0.05) is 24.8 Å². The van der Waals surface area contributed by atoms with Gasteiger partial charge >= 0.3 is 0 Å². The van der Waals surface area contributed by atoms with E-state index in [9.17, 15) is 0 Å². The van der Waals surface area contributed by atoms with E-state index in [1.54, 1.807) is 17.4 Å². The normalized spacial score (nSPS) is 12.1. The van der Waals surface area contributed by atoms with E-state index in [0.717, 1.165) is 12.3 Å². The zero-order valence-electron chi connectivity index (χ0n) is 11.1. The third-order valence-corrected chi connectivity index (χ3v) is 3.65. The molecule has 1 heterocycles. The molecule has 100 valence electrons. The Kier molecular flexibility index (Phi) is 5.19. The summed E-state index contributed by atoms with van der Waals surface area (Å²) in [5.41, 5.74) is 2.60. The lowest BCUT2D eigenvalue weighted by molar-refractivity contribution is 0.363. The van der Waals surface area contributed by atoms with Gasteiger partial charge in [-0.2, -0.15) is 11.3 Å². The molecular formula is C16H19NOS. The Morgan fingerprint density at radius 2 is 2.11 bits per heavy atom. The van der Waals surface area contributed by atoms with Crippen LogP contribution in [0.25, 0.3) is 0 Å². The monoisotopic (exact) mass is 273 g/mol. The smallest absolute Gasteiger partial charge is 0.119 e. The van der Waals surface area contributed by atoms with E-state index in [1.165, 1.54) is 11.1 Å².